The zero-order valence-electron chi connectivity index (χ0n) is 29.6. The van der Waals surface area contributed by atoms with Gasteiger partial charge in [0.05, 0.1) is 16.7 Å². The summed E-state index contributed by atoms with van der Waals surface area (Å²) in [4.78, 5) is 0. The molecule has 0 radical (unpaired) electrons. The van der Waals surface area contributed by atoms with Crippen LogP contribution in [0.3, 0.4) is 0 Å². The maximum atomic E-state index is 14.2. The van der Waals surface area contributed by atoms with Gasteiger partial charge in [0.2, 0.25) is 0 Å². The Morgan fingerprint density at radius 1 is 0.558 bits per heavy atom. The molecule has 11 heteroatoms. The second-order valence-corrected chi connectivity index (χ2v) is 20.5. The normalized spacial score (nSPS) is 22.5. The van der Waals surface area contributed by atoms with E-state index < -0.39 is 56.7 Å². The molecule has 0 bridgehead atoms. The Hall–Kier alpha value is -2.11. The summed E-state index contributed by atoms with van der Waals surface area (Å²) < 4.78 is 128. The number of alkyl halides is 9. The topological polar surface area (TPSA) is 0 Å². The molecule has 0 aromatic heterocycles. The van der Waals surface area contributed by atoms with Crippen molar-refractivity contribution in [1.29, 1.82) is 0 Å². The Bertz CT molecular complexity index is 1620. The molecule has 52 heavy (non-hydrogen) atoms. The molecule has 3 aliphatic carbocycles. The molecule has 0 spiro atoms. The molecule has 0 nitrogen and oxygen atoms in total. The van der Waals surface area contributed by atoms with Gasteiger partial charge in [-0.15, -0.1) is 0 Å². The maximum absolute atomic E-state index is 14.2. The van der Waals surface area contributed by atoms with E-state index in [1.54, 1.807) is 0 Å². The van der Waals surface area contributed by atoms with Crippen molar-refractivity contribution in [3.8, 4) is 0 Å². The van der Waals surface area contributed by atoms with Crippen LogP contribution in [0.15, 0.2) is 60.7 Å². The first-order valence-corrected chi connectivity index (χ1v) is 21.6. The van der Waals surface area contributed by atoms with Gasteiger partial charge in [0.1, 0.15) is 0 Å². The van der Waals surface area contributed by atoms with E-state index in [4.69, 9.17) is 0 Å². The second kappa shape index (κ2) is 15.9. The maximum Gasteiger partial charge on any atom is 0.416 e. The molecule has 3 aromatic rings. The predicted molar refractivity (Wildman–Crippen MR) is 195 cm³/mol. The monoisotopic (exact) mass is 772 g/mol. The number of halogens is 9. The minimum atomic E-state index is -5.08. The highest BCUT2D eigenvalue weighted by Crippen LogP contribution is 2.58. The number of hydrogen-bond donors (Lipinski definition) is 0. The highest BCUT2D eigenvalue weighted by Gasteiger charge is 2.43. The van der Waals surface area contributed by atoms with Gasteiger partial charge in [-0.25, -0.2) is 0 Å². The summed E-state index contributed by atoms with van der Waals surface area (Å²) in [6.45, 7) is 3.34. The number of rotatable bonds is 8. The van der Waals surface area contributed by atoms with Crippen molar-refractivity contribution < 1.29 is 39.5 Å². The van der Waals surface area contributed by atoms with E-state index in [0.717, 1.165) is 37.1 Å². The van der Waals surface area contributed by atoms with Gasteiger partial charge < -0.3 is 0 Å². The smallest absolute Gasteiger partial charge is 0.166 e. The lowest BCUT2D eigenvalue weighted by molar-refractivity contribution is -0.143. The first-order chi connectivity index (χ1) is 24.5. The SMILES string of the molecule is Cc1cc(P(c2cc(C(F)(F)F)cc(C(F)(F)F)c2)[C@H](C)C2CCCC2c2ccccc2P(C2CCCCC2)C2CCCCC2)cc(C(F)(F)F)c1. The van der Waals surface area contributed by atoms with Gasteiger partial charge in [0.15, 0.2) is 0 Å². The van der Waals surface area contributed by atoms with E-state index in [9.17, 15) is 39.5 Å². The molecule has 0 N–H and O–H groups in total. The minimum Gasteiger partial charge on any atom is -0.166 e. The van der Waals surface area contributed by atoms with Crippen molar-refractivity contribution in [3.63, 3.8) is 0 Å². The quantitative estimate of drug-likeness (QED) is 0.158. The fourth-order valence-electron chi connectivity index (χ4n) is 9.35. The van der Waals surface area contributed by atoms with Crippen LogP contribution < -0.4 is 15.9 Å². The van der Waals surface area contributed by atoms with Gasteiger partial charge in [-0.3, -0.25) is 0 Å². The van der Waals surface area contributed by atoms with Crippen molar-refractivity contribution in [2.75, 3.05) is 0 Å². The minimum absolute atomic E-state index is 0.00756. The van der Waals surface area contributed by atoms with Gasteiger partial charge >= 0.3 is 18.5 Å². The molecule has 0 aliphatic heterocycles. The van der Waals surface area contributed by atoms with Gasteiger partial charge in [-0.2, -0.15) is 39.5 Å². The van der Waals surface area contributed by atoms with Crippen LogP contribution in [-0.4, -0.2) is 17.0 Å². The van der Waals surface area contributed by atoms with Crippen molar-refractivity contribution in [2.24, 2.45) is 5.92 Å². The number of hydrogen-bond acceptors (Lipinski definition) is 0. The Balaban J connectivity index is 1.48. The summed E-state index contributed by atoms with van der Waals surface area (Å²) in [6, 6.07) is 13.7. The van der Waals surface area contributed by atoms with E-state index in [-0.39, 0.29) is 34.1 Å². The predicted octanol–water partition coefficient (Wildman–Crippen LogP) is 13.2. The molecule has 3 aliphatic rings. The molecular weight excluding hydrogens is 725 g/mol. The zero-order valence-corrected chi connectivity index (χ0v) is 31.4. The van der Waals surface area contributed by atoms with Crippen LogP contribution in [0, 0.1) is 12.8 Å². The Morgan fingerprint density at radius 2 is 1.04 bits per heavy atom. The lowest BCUT2D eigenvalue weighted by Crippen LogP contribution is -2.32. The van der Waals surface area contributed by atoms with E-state index >= 15 is 0 Å². The number of benzene rings is 3. The van der Waals surface area contributed by atoms with Gasteiger partial charge in [0, 0.05) is 0 Å². The van der Waals surface area contributed by atoms with Gasteiger partial charge in [0.25, 0.3) is 0 Å². The summed E-state index contributed by atoms with van der Waals surface area (Å²) in [7, 11) is -2.59. The van der Waals surface area contributed by atoms with E-state index in [1.807, 2.05) is 13.0 Å². The van der Waals surface area contributed by atoms with Crippen LogP contribution in [0.4, 0.5) is 39.5 Å². The first kappa shape index (κ1) is 39.6. The van der Waals surface area contributed by atoms with Crippen molar-refractivity contribution in [2.45, 2.75) is 139 Å². The Kier molecular flexibility index (Phi) is 12.1. The van der Waals surface area contributed by atoms with Gasteiger partial charge in [-0.1, -0.05) is 90.1 Å². The molecule has 0 heterocycles. The van der Waals surface area contributed by atoms with Crippen LogP contribution in [0.25, 0.3) is 0 Å². The standard InChI is InChI=1S/C41H47F9P2/c1-26-20-28(39(42,43)44)23-33(21-26)51(34-24-29(40(45,46)47)22-30(25-34)41(48,49)50)27(2)35-17-11-18-36(35)37-16-9-10-19-38(37)52(31-12-5-3-6-13-31)32-14-7-4-8-15-32/h9-10,16,19-25,27,31-32,35-36H,3-8,11-15,17-18H2,1-2H3/t27-,35?,36?,51?/m1/s1. The van der Waals surface area contributed by atoms with Crippen LogP contribution >= 0.6 is 15.8 Å². The van der Waals surface area contributed by atoms with E-state index in [1.165, 1.54) is 88.1 Å². The lowest BCUT2D eigenvalue weighted by atomic mass is 9.87. The van der Waals surface area contributed by atoms with Gasteiger partial charge in [-0.05, 0) is 140 Å². The fourth-order valence-corrected chi connectivity index (χ4v) is 16.5. The fraction of sp³-hybridized carbons (Fsp3) is 0.561. The Morgan fingerprint density at radius 3 is 1.56 bits per heavy atom. The molecule has 0 saturated heterocycles. The molecule has 6 rings (SSSR count). The first-order valence-electron chi connectivity index (χ1n) is 18.7. The molecular formula is C41H47F9P2. The second-order valence-electron chi connectivity index (χ2n) is 15.2. The largest absolute Gasteiger partial charge is 0.416 e. The summed E-state index contributed by atoms with van der Waals surface area (Å²) in [6.07, 6.45) is -0.318. The average Bonchev–Trinajstić information content (AvgIpc) is 3.58. The van der Waals surface area contributed by atoms with E-state index in [2.05, 4.69) is 18.2 Å². The highest BCUT2D eigenvalue weighted by molar-refractivity contribution is 7.73. The number of aryl methyl sites for hydroxylation is 1. The highest BCUT2D eigenvalue weighted by atomic mass is 31.1. The summed E-state index contributed by atoms with van der Waals surface area (Å²) in [5.41, 5.74) is -1.59. The molecule has 3 aromatic carbocycles. The van der Waals surface area contributed by atoms with Crippen molar-refractivity contribution in [3.05, 3.63) is 88.5 Å². The molecule has 0 amide bonds. The summed E-state index contributed by atoms with van der Waals surface area (Å²) in [5, 5.41) is 1.35. The molecule has 284 valence electrons. The molecule has 3 saturated carbocycles. The Labute approximate surface area is 303 Å². The van der Waals surface area contributed by atoms with Crippen LogP contribution in [0.1, 0.15) is 124 Å². The molecule has 4 atom stereocenters. The zero-order chi connectivity index (χ0) is 37.4. The van der Waals surface area contributed by atoms with Crippen molar-refractivity contribution >= 4 is 31.8 Å². The van der Waals surface area contributed by atoms with Crippen LogP contribution in [0.5, 0.6) is 0 Å². The summed E-state index contributed by atoms with van der Waals surface area (Å²) >= 11 is 0. The average molecular weight is 773 g/mol. The third-order valence-electron chi connectivity index (χ3n) is 11.7. The third-order valence-corrected chi connectivity index (χ3v) is 18.1. The third kappa shape index (κ3) is 8.88. The van der Waals surface area contributed by atoms with Crippen molar-refractivity contribution in [1.82, 2.24) is 0 Å². The van der Waals surface area contributed by atoms with Crippen LogP contribution in [0.2, 0.25) is 0 Å². The van der Waals surface area contributed by atoms with E-state index in [0.29, 0.717) is 17.7 Å². The molecule has 3 unspecified atom stereocenters. The molecule has 3 fully saturated rings. The van der Waals surface area contributed by atoms with Crippen LogP contribution in [-0.2, 0) is 18.5 Å². The summed E-state index contributed by atoms with van der Waals surface area (Å²) in [5.74, 6) is -0.131. The lowest BCUT2D eigenvalue weighted by Gasteiger charge is -2.41.